The van der Waals surface area contributed by atoms with Gasteiger partial charge in [0.15, 0.2) is 0 Å². The Morgan fingerprint density at radius 2 is 1.78 bits per heavy atom. The summed E-state index contributed by atoms with van der Waals surface area (Å²) in [5, 5.41) is 14.3. The molecule has 0 spiro atoms. The summed E-state index contributed by atoms with van der Waals surface area (Å²) in [7, 11) is 3.59. The number of hydrogen-bond acceptors (Lipinski definition) is 6. The number of carbonyl (C=O) groups excluding carboxylic acids is 1. The van der Waals surface area contributed by atoms with E-state index in [-0.39, 0.29) is 11.3 Å². The number of nitrogens with one attached hydrogen (secondary N) is 1. The minimum atomic E-state index is -0.433. The van der Waals surface area contributed by atoms with Crippen molar-refractivity contribution in [3.8, 4) is 5.75 Å². The minimum Gasteiger partial charge on any atom is -0.497 e. The van der Waals surface area contributed by atoms with Crippen LogP contribution in [0, 0.1) is 10.1 Å². The van der Waals surface area contributed by atoms with Gasteiger partial charge in [0.1, 0.15) is 11.4 Å². The van der Waals surface area contributed by atoms with Crippen molar-refractivity contribution in [1.82, 2.24) is 4.90 Å². The number of nitro benzene ring substituents is 1. The molecule has 1 N–H and O–H groups in total. The molecule has 3 rings (SSSR count). The molecule has 0 saturated carbocycles. The average Bonchev–Trinajstić information content (AvgIpc) is 2.68. The van der Waals surface area contributed by atoms with Crippen molar-refractivity contribution in [3.63, 3.8) is 0 Å². The normalized spacial score (nSPS) is 14.7. The first-order chi connectivity index (χ1) is 13.0. The lowest BCUT2D eigenvalue weighted by Crippen LogP contribution is -2.44. The maximum Gasteiger partial charge on any atom is 0.293 e. The first-order valence-electron chi connectivity index (χ1n) is 8.65. The van der Waals surface area contributed by atoms with Crippen molar-refractivity contribution in [3.05, 3.63) is 58.1 Å². The molecule has 0 bridgehead atoms. The molecule has 8 nitrogen and oxygen atoms in total. The van der Waals surface area contributed by atoms with Gasteiger partial charge in [0.2, 0.25) is 0 Å². The lowest BCUT2D eigenvalue weighted by atomic mass is 10.1. The van der Waals surface area contributed by atoms with Gasteiger partial charge < -0.3 is 19.9 Å². The average molecular weight is 370 g/mol. The number of ether oxygens (including phenoxy) is 1. The maximum atomic E-state index is 12.5. The Morgan fingerprint density at radius 3 is 2.37 bits per heavy atom. The van der Waals surface area contributed by atoms with Crippen molar-refractivity contribution in [1.29, 1.82) is 0 Å². The van der Waals surface area contributed by atoms with E-state index in [0.29, 0.717) is 30.2 Å². The number of carbonyl (C=O) groups is 1. The Morgan fingerprint density at radius 1 is 1.11 bits per heavy atom. The summed E-state index contributed by atoms with van der Waals surface area (Å²) in [4.78, 5) is 27.8. The number of likely N-dealkylation sites (N-methyl/N-ethyl adjacent to an activating group) is 1. The molecule has 8 heteroatoms. The van der Waals surface area contributed by atoms with E-state index in [4.69, 9.17) is 4.74 Å². The van der Waals surface area contributed by atoms with Gasteiger partial charge in [0.05, 0.1) is 12.0 Å². The Balaban J connectivity index is 1.80. The molecule has 1 saturated heterocycles. The van der Waals surface area contributed by atoms with Gasteiger partial charge in [-0.05, 0) is 43.4 Å². The molecule has 0 radical (unpaired) electrons. The number of nitrogens with zero attached hydrogens (tertiary/aromatic N) is 3. The quantitative estimate of drug-likeness (QED) is 0.643. The van der Waals surface area contributed by atoms with Gasteiger partial charge in [-0.25, -0.2) is 0 Å². The zero-order valence-corrected chi connectivity index (χ0v) is 15.3. The van der Waals surface area contributed by atoms with Crippen molar-refractivity contribution in [2.45, 2.75) is 0 Å². The van der Waals surface area contributed by atoms with Gasteiger partial charge in [-0.15, -0.1) is 0 Å². The second-order valence-corrected chi connectivity index (χ2v) is 6.43. The van der Waals surface area contributed by atoms with E-state index in [1.54, 1.807) is 43.5 Å². The molecule has 2 aromatic carbocycles. The third kappa shape index (κ3) is 4.35. The number of anilines is 2. The van der Waals surface area contributed by atoms with Gasteiger partial charge in [0.25, 0.3) is 11.6 Å². The van der Waals surface area contributed by atoms with Crippen LogP contribution in [0.25, 0.3) is 0 Å². The highest BCUT2D eigenvalue weighted by atomic mass is 16.6. The summed E-state index contributed by atoms with van der Waals surface area (Å²) in [5.41, 5.74) is 1.33. The lowest BCUT2D eigenvalue weighted by molar-refractivity contribution is -0.384. The van der Waals surface area contributed by atoms with Crippen molar-refractivity contribution < 1.29 is 14.5 Å². The fourth-order valence-electron chi connectivity index (χ4n) is 3.00. The van der Waals surface area contributed by atoms with Gasteiger partial charge >= 0.3 is 0 Å². The molecule has 0 unspecified atom stereocenters. The number of benzene rings is 2. The Bertz CT molecular complexity index is 830. The molecule has 1 aliphatic rings. The second-order valence-electron chi connectivity index (χ2n) is 6.43. The highest BCUT2D eigenvalue weighted by Crippen LogP contribution is 2.30. The molecular weight excluding hydrogens is 348 g/mol. The van der Waals surface area contributed by atoms with E-state index >= 15 is 0 Å². The molecule has 1 amide bonds. The lowest BCUT2D eigenvalue weighted by Gasteiger charge is -2.33. The third-order valence-corrected chi connectivity index (χ3v) is 4.63. The molecule has 142 valence electrons. The van der Waals surface area contributed by atoms with Crippen molar-refractivity contribution in [2.75, 3.05) is 50.6 Å². The first kappa shape index (κ1) is 18.7. The van der Waals surface area contributed by atoms with E-state index in [0.717, 1.165) is 13.1 Å². The van der Waals surface area contributed by atoms with Crippen LogP contribution in [-0.2, 0) is 0 Å². The first-order valence-corrected chi connectivity index (χ1v) is 8.65. The van der Waals surface area contributed by atoms with Gasteiger partial charge in [-0.3, -0.25) is 14.9 Å². The fraction of sp³-hybridized carbons (Fsp3) is 0.316. The fourth-order valence-corrected chi connectivity index (χ4v) is 3.00. The predicted octanol–water partition coefficient (Wildman–Crippen LogP) is 2.61. The second kappa shape index (κ2) is 8.05. The van der Waals surface area contributed by atoms with E-state index in [1.165, 1.54) is 6.07 Å². The molecule has 0 aromatic heterocycles. The van der Waals surface area contributed by atoms with E-state index < -0.39 is 10.8 Å². The number of rotatable bonds is 5. The summed E-state index contributed by atoms with van der Waals surface area (Å²) in [6.07, 6.45) is 0. The SMILES string of the molecule is COc1ccc(NC(=O)c2ccc(N3CCN(C)CC3)c([N+](=O)[O-])c2)cc1. The van der Waals surface area contributed by atoms with Crippen LogP contribution in [-0.4, -0.2) is 56.1 Å². The van der Waals surface area contributed by atoms with Crippen molar-refractivity contribution >= 4 is 23.0 Å². The molecule has 2 aromatic rings. The topological polar surface area (TPSA) is 88.0 Å². The van der Waals surface area contributed by atoms with E-state index in [9.17, 15) is 14.9 Å². The van der Waals surface area contributed by atoms with Crippen LogP contribution in [0.2, 0.25) is 0 Å². The predicted molar refractivity (Wildman–Crippen MR) is 104 cm³/mol. The number of amides is 1. The molecule has 0 atom stereocenters. The van der Waals surface area contributed by atoms with Crippen LogP contribution in [0.4, 0.5) is 17.1 Å². The highest BCUT2D eigenvalue weighted by Gasteiger charge is 2.24. The monoisotopic (exact) mass is 370 g/mol. The third-order valence-electron chi connectivity index (χ3n) is 4.63. The van der Waals surface area contributed by atoms with Crippen LogP contribution in [0.5, 0.6) is 5.75 Å². The Labute approximate surface area is 157 Å². The Kier molecular flexibility index (Phi) is 5.56. The van der Waals surface area contributed by atoms with Crippen LogP contribution in [0.15, 0.2) is 42.5 Å². The summed E-state index contributed by atoms with van der Waals surface area (Å²) in [6.45, 7) is 3.12. The smallest absolute Gasteiger partial charge is 0.293 e. The van der Waals surface area contributed by atoms with Crippen LogP contribution >= 0.6 is 0 Å². The van der Waals surface area contributed by atoms with Gasteiger partial charge in [-0.2, -0.15) is 0 Å². The number of methoxy groups -OCH3 is 1. The molecule has 0 aliphatic carbocycles. The van der Waals surface area contributed by atoms with Crippen LogP contribution in [0.3, 0.4) is 0 Å². The van der Waals surface area contributed by atoms with Gasteiger partial charge in [-0.1, -0.05) is 0 Å². The maximum absolute atomic E-state index is 12.5. The van der Waals surface area contributed by atoms with Crippen LogP contribution in [0.1, 0.15) is 10.4 Å². The zero-order valence-electron chi connectivity index (χ0n) is 15.3. The zero-order chi connectivity index (χ0) is 19.4. The minimum absolute atomic E-state index is 0.0538. The molecule has 27 heavy (non-hydrogen) atoms. The largest absolute Gasteiger partial charge is 0.497 e. The van der Waals surface area contributed by atoms with E-state index in [1.807, 2.05) is 11.9 Å². The van der Waals surface area contributed by atoms with Crippen molar-refractivity contribution in [2.24, 2.45) is 0 Å². The summed E-state index contributed by atoms with van der Waals surface area (Å²) >= 11 is 0. The van der Waals surface area contributed by atoms with Crippen LogP contribution < -0.4 is 15.0 Å². The molecular formula is C19H22N4O4. The molecule has 1 heterocycles. The number of piperazine rings is 1. The molecule has 1 fully saturated rings. The summed E-state index contributed by atoms with van der Waals surface area (Å²) in [6, 6.07) is 11.5. The number of hydrogen-bond donors (Lipinski definition) is 1. The summed E-state index contributed by atoms with van der Waals surface area (Å²) in [5.74, 6) is 0.286. The molecule has 1 aliphatic heterocycles. The summed E-state index contributed by atoms with van der Waals surface area (Å²) < 4.78 is 5.08. The standard InChI is InChI=1S/C19H22N4O4/c1-21-9-11-22(12-10-21)17-8-3-14(13-18(17)23(25)26)19(24)20-15-4-6-16(27-2)7-5-15/h3-8,13H,9-12H2,1-2H3,(H,20,24). The Hall–Kier alpha value is -3.13. The van der Waals surface area contributed by atoms with Gasteiger partial charge in [0, 0.05) is 43.5 Å². The van der Waals surface area contributed by atoms with E-state index in [2.05, 4.69) is 10.2 Å². The highest BCUT2D eigenvalue weighted by molar-refractivity contribution is 6.05. The number of nitro groups is 1.